The molecule has 0 saturated carbocycles. The van der Waals surface area contributed by atoms with E-state index >= 15 is 0 Å². The van der Waals surface area contributed by atoms with Gasteiger partial charge in [-0.1, -0.05) is 158 Å². The molecule has 7 heteroatoms. The summed E-state index contributed by atoms with van der Waals surface area (Å²) in [6.45, 7) is 8.71. The van der Waals surface area contributed by atoms with Crippen molar-refractivity contribution in [2.45, 2.75) is 12.8 Å². The van der Waals surface area contributed by atoms with Crippen LogP contribution < -0.4 is 0 Å². The molecule has 2 heterocycles. The third-order valence-electron chi connectivity index (χ3n) is 13.6. The Balaban J connectivity index is 0.000000462. The van der Waals surface area contributed by atoms with Crippen molar-refractivity contribution in [2.24, 2.45) is 0 Å². The van der Waals surface area contributed by atoms with E-state index < -0.39 is 0 Å². The van der Waals surface area contributed by atoms with Gasteiger partial charge in [0.25, 0.3) is 11.5 Å². The number of aromatic hydroxyl groups is 4. The first-order valence-corrected chi connectivity index (χ1v) is 28.5. The summed E-state index contributed by atoms with van der Waals surface area (Å²) >= 11 is 3.11. The van der Waals surface area contributed by atoms with Crippen molar-refractivity contribution < 1.29 is 45.9 Å². The number of ether oxygens (including phenoxy) is 2. The Labute approximate surface area is 504 Å². The minimum atomic E-state index is 0. The molecule has 0 unspecified atom stereocenters. The third-order valence-corrected chi connectivity index (χ3v) is 15.6. The Morgan fingerprint density at radius 2 is 0.556 bits per heavy atom. The van der Waals surface area contributed by atoms with Gasteiger partial charge in [0.1, 0.15) is 11.5 Å². The van der Waals surface area contributed by atoms with E-state index in [4.69, 9.17) is 9.47 Å². The largest absolute Gasteiger partial charge is 0.582 e. The van der Waals surface area contributed by atoms with Gasteiger partial charge in [0.15, 0.2) is 13.2 Å². The van der Waals surface area contributed by atoms with Crippen LogP contribution in [0.5, 0.6) is 23.0 Å². The molecule has 0 fully saturated rings. The minimum absolute atomic E-state index is 0. The fourth-order valence-electron chi connectivity index (χ4n) is 9.46. The average molecular weight is 1170 g/mol. The molecule has 0 saturated heterocycles. The van der Waals surface area contributed by atoms with Crippen LogP contribution in [-0.2, 0) is 26.2 Å². The van der Waals surface area contributed by atoms with Gasteiger partial charge in [-0.2, -0.15) is 49.2 Å². The van der Waals surface area contributed by atoms with E-state index in [2.05, 4.69) is 147 Å². The van der Waals surface area contributed by atoms with Gasteiger partial charge in [0.05, 0.1) is 20.9 Å². The quantitative estimate of drug-likeness (QED) is 0.0610. The van der Waals surface area contributed by atoms with Gasteiger partial charge in [0, 0.05) is 73.1 Å². The summed E-state index contributed by atoms with van der Waals surface area (Å²) in [4.78, 5) is 1.66. The number of para-hydroxylation sites is 2. The fraction of sp³-hybridized carbons (Fsp3) is 0.0541. The van der Waals surface area contributed by atoms with Crippen LogP contribution in [0.1, 0.15) is 24.0 Å². The van der Waals surface area contributed by atoms with Crippen LogP contribution >= 0.6 is 22.7 Å². The minimum Gasteiger partial charge on any atom is -0.582 e. The number of thiophene rings is 2. The van der Waals surface area contributed by atoms with Gasteiger partial charge in [-0.15, -0.1) is 46.9 Å². The predicted molar refractivity (Wildman–Crippen MR) is 340 cm³/mol. The first-order valence-electron chi connectivity index (χ1n) is 26.8. The Morgan fingerprint density at radius 3 is 0.840 bits per heavy atom. The smallest absolute Gasteiger partial charge is 0.262 e. The van der Waals surface area contributed by atoms with Crippen molar-refractivity contribution in [1.82, 2.24) is 0 Å². The first kappa shape index (κ1) is 57.1. The molecule has 0 spiro atoms. The molecule has 4 nitrogen and oxygen atoms in total. The normalized spacial score (nSPS) is 10.5. The fourth-order valence-corrected chi connectivity index (χ4v) is 11.4. The van der Waals surface area contributed by atoms with Crippen molar-refractivity contribution in [1.29, 1.82) is 0 Å². The zero-order chi connectivity index (χ0) is 54.9. The first-order chi connectivity index (χ1) is 39.4. The van der Waals surface area contributed by atoms with E-state index in [1.54, 1.807) is 22.7 Å². The molecule has 0 atom stereocenters. The summed E-state index contributed by atoms with van der Waals surface area (Å²) in [7, 11) is 0. The molecule has 0 aliphatic carbocycles. The van der Waals surface area contributed by atoms with Crippen LogP contribution in [0, 0.1) is 13.8 Å². The number of unbranched alkanes of at least 4 members (excludes halogenated alkanes) is 1. The zero-order valence-electron chi connectivity index (χ0n) is 44.9. The molecule has 0 aliphatic heterocycles. The number of benzene rings is 10. The number of hydrogen-bond acceptors (Lipinski definition) is 4. The van der Waals surface area contributed by atoms with Crippen LogP contribution in [0.25, 0.3) is 87.6 Å². The van der Waals surface area contributed by atoms with E-state index in [0.717, 1.165) is 123 Å². The molecule has 81 heavy (non-hydrogen) atoms. The van der Waals surface area contributed by atoms with Gasteiger partial charge in [0.2, 0.25) is 0 Å². The van der Waals surface area contributed by atoms with Gasteiger partial charge >= 0.3 is 0 Å². The van der Waals surface area contributed by atoms with Gasteiger partial charge in [-0.05, 0) is 104 Å². The molecule has 0 aliphatic rings. The Hall–Kier alpha value is -8.58. The summed E-state index contributed by atoms with van der Waals surface area (Å²) < 4.78 is 10.1. The molecule has 2 aromatic heterocycles. The van der Waals surface area contributed by atoms with Gasteiger partial charge in [-0.3, -0.25) is 0 Å². The van der Waals surface area contributed by atoms with Crippen molar-refractivity contribution >= 4 is 22.7 Å². The van der Waals surface area contributed by atoms with Crippen LogP contribution in [0.15, 0.2) is 278 Å². The van der Waals surface area contributed by atoms with Crippen molar-refractivity contribution in [3.63, 3.8) is 0 Å². The van der Waals surface area contributed by atoms with Crippen molar-refractivity contribution in [3.05, 3.63) is 303 Å². The monoisotopic (exact) mass is 1170 g/mol. The molecule has 398 valence electrons. The summed E-state index contributed by atoms with van der Waals surface area (Å²) in [6, 6.07) is 90.6. The Bertz CT molecular complexity index is 3490. The summed E-state index contributed by atoms with van der Waals surface area (Å²) in [5.74, 6) is 2.25. The second-order valence-corrected chi connectivity index (χ2v) is 21.0. The molecular formula is C74H62O4S2Zr. The summed E-state index contributed by atoms with van der Waals surface area (Å²) in [5, 5.41) is 27.8. The second-order valence-electron chi connectivity index (χ2n) is 19.2. The predicted octanol–water partition coefficient (Wildman–Crippen LogP) is 20.3. The molecule has 0 amide bonds. The van der Waals surface area contributed by atoms with Crippen LogP contribution in [-0.4, -0.2) is 32.9 Å². The van der Waals surface area contributed by atoms with Crippen LogP contribution in [0.3, 0.4) is 0 Å². The number of rotatable bonds is 15. The average Bonchev–Trinajstić information content (AvgIpc) is 4.12. The molecule has 0 radical (unpaired) electrons. The van der Waals surface area contributed by atoms with Crippen LogP contribution in [0.2, 0.25) is 0 Å². The van der Waals surface area contributed by atoms with E-state index in [1.165, 1.54) is 0 Å². The second kappa shape index (κ2) is 28.5. The summed E-state index contributed by atoms with van der Waals surface area (Å²) in [6.07, 6.45) is 1.70. The van der Waals surface area contributed by atoms with E-state index in [9.17, 15) is 10.2 Å². The number of aliphatic hydroxyl groups is 2. The third kappa shape index (κ3) is 14.8. The zero-order valence-corrected chi connectivity index (χ0v) is 49.0. The van der Waals surface area contributed by atoms with E-state index in [0.29, 0.717) is 13.2 Å². The maximum Gasteiger partial charge on any atom is 0.262 e. The molecule has 12 aromatic rings. The molecular weight excluding hydrogens is 1110 g/mol. The standard InChI is InChI=1S/C60H46O4S2.2C7H7.Zr/c61-57-53(39-65-59(57)49-35-45(41-19-5-1-6-20-41)33-46(36-49)42-21-7-2-8-22-42)51-27-13-15-29-55(51)63-31-17-18-32-64-56-30-16-14-28-52(56)54-40-66-60(58(54)62)50-37-47(43-23-9-3-10-24-43)34-48(38-50)44-25-11-4-12-26-44;2*1-7-5-3-2-4-6-7;/h1-16,19-30,33-40,61-62H,17-18,31-32H2;2*2-6H,1H2;/q;2*-1;/p+2. The summed E-state index contributed by atoms with van der Waals surface area (Å²) in [5.41, 5.74) is 16.4. The van der Waals surface area contributed by atoms with Crippen molar-refractivity contribution in [2.75, 3.05) is 13.2 Å². The number of hydrogen-bond donors (Lipinski definition) is 2. The van der Waals surface area contributed by atoms with E-state index in [-0.39, 0.29) is 37.7 Å². The Morgan fingerprint density at radius 1 is 0.296 bits per heavy atom. The van der Waals surface area contributed by atoms with E-state index in [1.807, 2.05) is 144 Å². The maximum absolute atomic E-state index is 11.9. The molecule has 10 aromatic carbocycles. The van der Waals surface area contributed by atoms with Gasteiger partial charge < -0.3 is 19.7 Å². The Kier molecular flexibility index (Phi) is 20.1. The topological polar surface area (TPSA) is 66.1 Å². The van der Waals surface area contributed by atoms with Crippen LogP contribution in [0.4, 0.5) is 0 Å². The SMILES string of the molecule is Oc1c(-c2ccccc2[OH+]CCCC[OH+]c2ccccc2-c2csc(-c3cc(-c4ccccc4)cc(-c4ccccc4)c3)c2O)csc1-c1cc(-c2ccccc2)cc(-c2ccccc2)c1.[CH2-]c1ccccc1.[CH2-]c1ccccc1.[Zr]. The molecule has 0 bridgehead atoms. The van der Waals surface area contributed by atoms with Gasteiger partial charge in [-0.25, -0.2) is 0 Å². The van der Waals surface area contributed by atoms with Crippen molar-refractivity contribution in [3.8, 4) is 111 Å². The molecule has 4 N–H and O–H groups in total. The molecule has 12 rings (SSSR count). The maximum atomic E-state index is 11.9.